The molecule has 0 radical (unpaired) electrons. The molecular weight excluding hydrogens is 208 g/mol. The van der Waals surface area contributed by atoms with Gasteiger partial charge >= 0.3 is 0 Å². The zero-order valence-electron chi connectivity index (χ0n) is 11.5. The van der Waals surface area contributed by atoms with E-state index in [0.717, 1.165) is 18.8 Å². The highest BCUT2D eigenvalue weighted by Gasteiger charge is 2.15. The smallest absolute Gasteiger partial charge is 0.155 e. The maximum atomic E-state index is 11.3. The second-order valence-electron chi connectivity index (χ2n) is 5.72. The molecule has 0 bridgehead atoms. The van der Waals surface area contributed by atoms with Gasteiger partial charge in [-0.05, 0) is 57.4 Å². The minimum atomic E-state index is 0.318. The maximum Gasteiger partial charge on any atom is 0.155 e. The van der Waals surface area contributed by atoms with Crippen molar-refractivity contribution in [2.45, 2.75) is 59.3 Å². The van der Waals surface area contributed by atoms with Gasteiger partial charge in [-0.15, -0.1) is 0 Å². The summed E-state index contributed by atoms with van der Waals surface area (Å²) in [7, 11) is 0. The van der Waals surface area contributed by atoms with Gasteiger partial charge in [0.05, 0.1) is 0 Å². The molecule has 0 aromatic carbocycles. The quantitative estimate of drug-likeness (QED) is 0.610. The predicted octanol–water partition coefficient (Wildman–Crippen LogP) is 4.68. The molecule has 1 aliphatic rings. The van der Waals surface area contributed by atoms with Gasteiger partial charge in [0.25, 0.3) is 0 Å². The summed E-state index contributed by atoms with van der Waals surface area (Å²) >= 11 is 0. The molecule has 1 rings (SSSR count). The second-order valence-corrected chi connectivity index (χ2v) is 5.72. The van der Waals surface area contributed by atoms with E-state index < -0.39 is 0 Å². The van der Waals surface area contributed by atoms with E-state index in [4.69, 9.17) is 0 Å². The third-order valence-corrected chi connectivity index (χ3v) is 3.54. The zero-order valence-corrected chi connectivity index (χ0v) is 11.5. The first kappa shape index (κ1) is 14.2. The molecule has 0 fully saturated rings. The van der Waals surface area contributed by atoms with Crippen molar-refractivity contribution in [1.29, 1.82) is 0 Å². The van der Waals surface area contributed by atoms with Crippen LogP contribution in [-0.2, 0) is 4.79 Å². The number of allylic oxidation sites excluding steroid dienone is 4. The van der Waals surface area contributed by atoms with Crippen LogP contribution < -0.4 is 0 Å². The van der Waals surface area contributed by atoms with Crippen LogP contribution in [0.25, 0.3) is 0 Å². The standard InChI is InChI=1S/C16H26O/c1-13(2)6-4-7-14(3)10-11-15-8-5-9-16(17)12-15/h5-6,9,14-15H,4,7-8,10-12H2,1-3H3/t14-,15+/m1/s1. The van der Waals surface area contributed by atoms with Gasteiger partial charge < -0.3 is 0 Å². The summed E-state index contributed by atoms with van der Waals surface area (Å²) in [5, 5.41) is 0. The van der Waals surface area contributed by atoms with Crippen LogP contribution in [0.1, 0.15) is 59.3 Å². The lowest BCUT2D eigenvalue weighted by Crippen LogP contribution is -2.11. The summed E-state index contributed by atoms with van der Waals surface area (Å²) in [6, 6.07) is 0. The summed E-state index contributed by atoms with van der Waals surface area (Å²) in [6.07, 6.45) is 13.0. The Balaban J connectivity index is 2.15. The topological polar surface area (TPSA) is 17.1 Å². The van der Waals surface area contributed by atoms with Crippen LogP contribution in [0.5, 0.6) is 0 Å². The molecule has 2 atom stereocenters. The van der Waals surface area contributed by atoms with Gasteiger partial charge in [-0.1, -0.05) is 31.1 Å². The Hall–Kier alpha value is -0.850. The first-order chi connectivity index (χ1) is 8.08. The van der Waals surface area contributed by atoms with Crippen molar-refractivity contribution in [3.8, 4) is 0 Å². The Morgan fingerprint density at radius 3 is 2.88 bits per heavy atom. The molecule has 1 aliphatic carbocycles. The van der Waals surface area contributed by atoms with Crippen molar-refractivity contribution in [2.24, 2.45) is 11.8 Å². The van der Waals surface area contributed by atoms with Crippen LogP contribution in [0, 0.1) is 11.8 Å². The molecule has 0 unspecified atom stereocenters. The van der Waals surface area contributed by atoms with E-state index in [1.165, 1.54) is 31.3 Å². The van der Waals surface area contributed by atoms with E-state index in [-0.39, 0.29) is 0 Å². The highest BCUT2D eigenvalue weighted by atomic mass is 16.1. The van der Waals surface area contributed by atoms with Gasteiger partial charge in [0.1, 0.15) is 0 Å². The molecule has 0 spiro atoms. The van der Waals surface area contributed by atoms with E-state index in [2.05, 4.69) is 26.8 Å². The fourth-order valence-electron chi connectivity index (χ4n) is 2.37. The second kappa shape index (κ2) is 7.47. The molecule has 0 aromatic rings. The minimum Gasteiger partial charge on any atom is -0.295 e. The van der Waals surface area contributed by atoms with Crippen molar-refractivity contribution < 1.29 is 4.79 Å². The van der Waals surface area contributed by atoms with Gasteiger partial charge in [-0.2, -0.15) is 0 Å². The number of carbonyl (C=O) groups excluding carboxylic acids is 1. The highest BCUT2D eigenvalue weighted by Crippen LogP contribution is 2.24. The van der Waals surface area contributed by atoms with Gasteiger partial charge in [-0.3, -0.25) is 4.79 Å². The van der Waals surface area contributed by atoms with Crippen molar-refractivity contribution in [1.82, 2.24) is 0 Å². The summed E-state index contributed by atoms with van der Waals surface area (Å²) in [5.41, 5.74) is 1.42. The van der Waals surface area contributed by atoms with Crippen molar-refractivity contribution >= 4 is 5.78 Å². The molecule has 17 heavy (non-hydrogen) atoms. The lowest BCUT2D eigenvalue weighted by atomic mass is 9.86. The Labute approximate surface area is 106 Å². The van der Waals surface area contributed by atoms with E-state index in [1.54, 1.807) is 6.08 Å². The first-order valence-corrected chi connectivity index (χ1v) is 6.90. The lowest BCUT2D eigenvalue weighted by molar-refractivity contribution is -0.115. The SMILES string of the molecule is CC(C)=CCC[C@@H](C)CC[C@@H]1CC=CC(=O)C1. The fourth-order valence-corrected chi connectivity index (χ4v) is 2.37. The van der Waals surface area contributed by atoms with Crippen molar-refractivity contribution in [2.75, 3.05) is 0 Å². The summed E-state index contributed by atoms with van der Waals surface area (Å²) in [6.45, 7) is 6.65. The monoisotopic (exact) mass is 234 g/mol. The van der Waals surface area contributed by atoms with Crippen LogP contribution in [0.3, 0.4) is 0 Å². The third kappa shape index (κ3) is 6.45. The molecule has 0 saturated carbocycles. The van der Waals surface area contributed by atoms with Gasteiger partial charge in [0.2, 0.25) is 0 Å². The minimum absolute atomic E-state index is 0.318. The molecule has 0 amide bonds. The van der Waals surface area contributed by atoms with Crippen molar-refractivity contribution in [3.05, 3.63) is 23.8 Å². The van der Waals surface area contributed by atoms with Crippen LogP contribution >= 0.6 is 0 Å². The number of ketones is 1. The van der Waals surface area contributed by atoms with E-state index in [9.17, 15) is 4.79 Å². The molecule has 0 saturated heterocycles. The molecule has 96 valence electrons. The molecular formula is C16H26O. The van der Waals surface area contributed by atoms with Crippen LogP contribution in [0.15, 0.2) is 23.8 Å². The van der Waals surface area contributed by atoms with Crippen LogP contribution in [-0.4, -0.2) is 5.78 Å². The largest absolute Gasteiger partial charge is 0.295 e. The molecule has 1 heteroatoms. The Morgan fingerprint density at radius 1 is 1.47 bits per heavy atom. The van der Waals surface area contributed by atoms with Gasteiger partial charge in [0, 0.05) is 6.42 Å². The Morgan fingerprint density at radius 2 is 2.24 bits per heavy atom. The highest BCUT2D eigenvalue weighted by molar-refractivity contribution is 5.90. The van der Waals surface area contributed by atoms with Crippen LogP contribution in [0.4, 0.5) is 0 Å². The number of rotatable bonds is 6. The lowest BCUT2D eigenvalue weighted by Gasteiger charge is -2.19. The molecule has 0 heterocycles. The first-order valence-electron chi connectivity index (χ1n) is 6.90. The summed E-state index contributed by atoms with van der Waals surface area (Å²) in [5.74, 6) is 1.71. The normalized spacial score (nSPS) is 21.4. The summed E-state index contributed by atoms with van der Waals surface area (Å²) in [4.78, 5) is 11.3. The fraction of sp³-hybridized carbons (Fsp3) is 0.688. The molecule has 0 aliphatic heterocycles. The van der Waals surface area contributed by atoms with E-state index in [0.29, 0.717) is 11.7 Å². The number of carbonyl (C=O) groups is 1. The van der Waals surface area contributed by atoms with Crippen molar-refractivity contribution in [3.63, 3.8) is 0 Å². The van der Waals surface area contributed by atoms with Gasteiger partial charge in [0.15, 0.2) is 5.78 Å². The number of hydrogen-bond donors (Lipinski definition) is 0. The van der Waals surface area contributed by atoms with E-state index in [1.807, 2.05) is 6.08 Å². The zero-order chi connectivity index (χ0) is 12.7. The van der Waals surface area contributed by atoms with E-state index >= 15 is 0 Å². The average molecular weight is 234 g/mol. The average Bonchev–Trinajstić information content (AvgIpc) is 2.26. The summed E-state index contributed by atoms with van der Waals surface area (Å²) < 4.78 is 0. The molecule has 0 aromatic heterocycles. The maximum absolute atomic E-state index is 11.3. The van der Waals surface area contributed by atoms with Gasteiger partial charge in [-0.25, -0.2) is 0 Å². The molecule has 0 N–H and O–H groups in total. The third-order valence-electron chi connectivity index (χ3n) is 3.54. The van der Waals surface area contributed by atoms with Crippen LogP contribution in [0.2, 0.25) is 0 Å². The number of hydrogen-bond acceptors (Lipinski definition) is 1. The predicted molar refractivity (Wildman–Crippen MR) is 73.9 cm³/mol. The molecule has 1 nitrogen and oxygen atoms in total. The Kier molecular flexibility index (Phi) is 6.25. The Bertz CT molecular complexity index is 295.